The summed E-state index contributed by atoms with van der Waals surface area (Å²) >= 11 is 3.42. The number of halogens is 1. The van der Waals surface area contributed by atoms with E-state index in [9.17, 15) is 10.1 Å². The summed E-state index contributed by atoms with van der Waals surface area (Å²) in [7, 11) is 0. The van der Waals surface area contributed by atoms with E-state index in [4.69, 9.17) is 9.47 Å². The molecule has 33 heavy (non-hydrogen) atoms. The van der Waals surface area contributed by atoms with Crippen molar-refractivity contribution in [3.63, 3.8) is 0 Å². The number of rotatable bonds is 9. The summed E-state index contributed by atoms with van der Waals surface area (Å²) in [6.45, 7) is 4.63. The molecular formula is C27H25BrN2O3. The lowest BCUT2D eigenvalue weighted by molar-refractivity contribution is -0.117. The first-order valence-electron chi connectivity index (χ1n) is 10.6. The summed E-state index contributed by atoms with van der Waals surface area (Å²) in [5, 5.41) is 12.4. The van der Waals surface area contributed by atoms with Gasteiger partial charge in [-0.3, -0.25) is 4.79 Å². The molecule has 168 valence electrons. The molecule has 3 aromatic carbocycles. The zero-order valence-electron chi connectivity index (χ0n) is 18.5. The van der Waals surface area contributed by atoms with Gasteiger partial charge in [0, 0.05) is 4.47 Å². The summed E-state index contributed by atoms with van der Waals surface area (Å²) < 4.78 is 12.7. The van der Waals surface area contributed by atoms with Crippen LogP contribution in [-0.4, -0.2) is 12.5 Å². The average molecular weight is 505 g/mol. The molecule has 0 saturated heterocycles. The highest BCUT2D eigenvalue weighted by Gasteiger charge is 2.14. The zero-order valence-corrected chi connectivity index (χ0v) is 20.1. The van der Waals surface area contributed by atoms with Gasteiger partial charge in [0.2, 0.25) is 0 Å². The Labute approximate surface area is 202 Å². The van der Waals surface area contributed by atoms with Crippen LogP contribution in [0, 0.1) is 11.3 Å². The predicted octanol–water partition coefficient (Wildman–Crippen LogP) is 6.21. The molecule has 0 aliphatic carbocycles. The smallest absolute Gasteiger partial charge is 0.262 e. The fourth-order valence-electron chi connectivity index (χ4n) is 3.16. The Hall–Kier alpha value is -3.56. The summed E-state index contributed by atoms with van der Waals surface area (Å²) in [5.74, 6) is 0.721. The second-order valence-electron chi connectivity index (χ2n) is 7.33. The fraction of sp³-hybridized carbons (Fsp3) is 0.185. The van der Waals surface area contributed by atoms with Crippen molar-refractivity contribution in [3.8, 4) is 17.6 Å². The van der Waals surface area contributed by atoms with Gasteiger partial charge in [-0.25, -0.2) is 0 Å². The summed E-state index contributed by atoms with van der Waals surface area (Å²) in [6, 6.07) is 24.6. The Morgan fingerprint density at radius 2 is 1.79 bits per heavy atom. The molecule has 0 bridgehead atoms. The lowest BCUT2D eigenvalue weighted by atomic mass is 10.1. The maximum atomic E-state index is 12.7. The van der Waals surface area contributed by atoms with Crippen molar-refractivity contribution >= 4 is 27.9 Å². The van der Waals surface area contributed by atoms with Crippen LogP contribution in [0.2, 0.25) is 0 Å². The number of nitrogens with one attached hydrogen (secondary N) is 1. The molecule has 1 atom stereocenters. The van der Waals surface area contributed by atoms with Crippen LogP contribution in [-0.2, 0) is 11.4 Å². The normalized spacial score (nSPS) is 11.9. The van der Waals surface area contributed by atoms with E-state index in [1.807, 2.05) is 74.5 Å². The van der Waals surface area contributed by atoms with Gasteiger partial charge in [-0.2, -0.15) is 5.26 Å². The average Bonchev–Trinajstić information content (AvgIpc) is 2.83. The van der Waals surface area contributed by atoms with Crippen molar-refractivity contribution in [3.05, 3.63) is 99.5 Å². The molecule has 3 rings (SSSR count). The Morgan fingerprint density at radius 1 is 1.06 bits per heavy atom. The van der Waals surface area contributed by atoms with E-state index in [1.165, 1.54) is 0 Å². The van der Waals surface area contributed by atoms with Crippen molar-refractivity contribution in [2.24, 2.45) is 0 Å². The highest BCUT2D eigenvalue weighted by Crippen LogP contribution is 2.30. The number of carbonyl (C=O) groups is 1. The molecule has 0 aliphatic heterocycles. The summed E-state index contributed by atoms with van der Waals surface area (Å²) in [6.07, 6.45) is 1.55. The molecule has 5 nitrogen and oxygen atoms in total. The predicted molar refractivity (Wildman–Crippen MR) is 133 cm³/mol. The van der Waals surface area contributed by atoms with E-state index >= 15 is 0 Å². The lowest BCUT2D eigenvalue weighted by Gasteiger charge is -2.14. The molecule has 1 amide bonds. The summed E-state index contributed by atoms with van der Waals surface area (Å²) in [4.78, 5) is 12.7. The Morgan fingerprint density at radius 3 is 2.45 bits per heavy atom. The third-order valence-electron chi connectivity index (χ3n) is 4.90. The minimum atomic E-state index is -0.428. The number of nitriles is 1. The summed E-state index contributed by atoms with van der Waals surface area (Å²) in [5.41, 5.74) is 2.69. The van der Waals surface area contributed by atoms with Crippen molar-refractivity contribution in [2.45, 2.75) is 26.5 Å². The number of ether oxygens (including phenoxy) is 2. The zero-order chi connectivity index (χ0) is 23.6. The maximum Gasteiger partial charge on any atom is 0.262 e. The van der Waals surface area contributed by atoms with Crippen LogP contribution in [0.3, 0.4) is 0 Å². The van der Waals surface area contributed by atoms with Crippen LogP contribution in [0.1, 0.15) is 36.6 Å². The minimum absolute atomic E-state index is 0.0174. The largest absolute Gasteiger partial charge is 0.490 e. The van der Waals surface area contributed by atoms with Crippen molar-refractivity contribution in [1.29, 1.82) is 5.26 Å². The molecule has 0 saturated carbocycles. The van der Waals surface area contributed by atoms with E-state index in [-0.39, 0.29) is 11.6 Å². The maximum absolute atomic E-state index is 12.7. The molecule has 0 aromatic heterocycles. The molecule has 0 fully saturated rings. The van der Waals surface area contributed by atoms with Crippen molar-refractivity contribution < 1.29 is 14.3 Å². The third-order valence-corrected chi connectivity index (χ3v) is 5.43. The van der Waals surface area contributed by atoms with Crippen LogP contribution >= 0.6 is 15.9 Å². The molecule has 0 aliphatic rings. The van der Waals surface area contributed by atoms with Crippen LogP contribution < -0.4 is 14.8 Å². The number of carbonyl (C=O) groups excluding carboxylic acids is 1. The molecule has 3 aromatic rings. The van der Waals surface area contributed by atoms with Gasteiger partial charge >= 0.3 is 0 Å². The molecule has 0 heterocycles. The second-order valence-corrected chi connectivity index (χ2v) is 8.25. The van der Waals surface area contributed by atoms with Gasteiger partial charge in [0.05, 0.1) is 12.6 Å². The van der Waals surface area contributed by atoms with Crippen LogP contribution in [0.25, 0.3) is 6.08 Å². The molecule has 0 unspecified atom stereocenters. The van der Waals surface area contributed by atoms with Gasteiger partial charge < -0.3 is 14.8 Å². The molecule has 6 heteroatoms. The Bertz CT molecular complexity index is 1150. The van der Waals surface area contributed by atoms with Gasteiger partial charge in [0.25, 0.3) is 5.91 Å². The van der Waals surface area contributed by atoms with Gasteiger partial charge in [-0.15, -0.1) is 0 Å². The Kier molecular flexibility index (Phi) is 8.68. The minimum Gasteiger partial charge on any atom is -0.490 e. The first-order valence-corrected chi connectivity index (χ1v) is 11.4. The quantitative estimate of drug-likeness (QED) is 0.277. The van der Waals surface area contributed by atoms with Gasteiger partial charge in [-0.05, 0) is 60.9 Å². The van der Waals surface area contributed by atoms with E-state index in [2.05, 4.69) is 21.2 Å². The molecular weight excluding hydrogens is 480 g/mol. The first kappa shape index (κ1) is 24.1. The van der Waals surface area contributed by atoms with Crippen LogP contribution in [0.4, 0.5) is 0 Å². The first-order chi connectivity index (χ1) is 16.0. The number of hydrogen-bond acceptors (Lipinski definition) is 4. The lowest BCUT2D eigenvalue weighted by Crippen LogP contribution is -2.27. The van der Waals surface area contributed by atoms with E-state index < -0.39 is 5.91 Å². The third kappa shape index (κ3) is 6.96. The number of amides is 1. The van der Waals surface area contributed by atoms with E-state index in [0.717, 1.165) is 15.6 Å². The number of hydrogen-bond donors (Lipinski definition) is 1. The van der Waals surface area contributed by atoms with E-state index in [1.54, 1.807) is 24.3 Å². The monoisotopic (exact) mass is 504 g/mol. The SMILES string of the molecule is CCOc1cc(/C=C(\C#N)C(=O)N[C@@H](C)c2ccccc2)ccc1OCc1ccc(Br)cc1. The molecule has 0 radical (unpaired) electrons. The Balaban J connectivity index is 1.74. The van der Waals surface area contributed by atoms with Gasteiger partial charge in [0.15, 0.2) is 11.5 Å². The second kappa shape index (κ2) is 11.9. The van der Waals surface area contributed by atoms with Gasteiger partial charge in [-0.1, -0.05) is 64.5 Å². The standard InChI is InChI=1S/C27H25BrN2O3/c1-3-32-26-16-21(11-14-25(26)33-18-20-9-12-24(28)13-10-20)15-23(17-29)27(31)30-19(2)22-7-5-4-6-8-22/h4-16,19H,3,18H2,1-2H3,(H,30,31)/b23-15+/t19-/m0/s1. The van der Waals surface area contributed by atoms with Crippen molar-refractivity contribution in [2.75, 3.05) is 6.61 Å². The highest BCUT2D eigenvalue weighted by atomic mass is 79.9. The van der Waals surface area contributed by atoms with Crippen LogP contribution in [0.5, 0.6) is 11.5 Å². The topological polar surface area (TPSA) is 71.3 Å². The number of nitrogens with zero attached hydrogens (tertiary/aromatic N) is 1. The molecule has 1 N–H and O–H groups in total. The number of benzene rings is 3. The van der Waals surface area contributed by atoms with E-state index in [0.29, 0.717) is 30.3 Å². The van der Waals surface area contributed by atoms with Gasteiger partial charge in [0.1, 0.15) is 18.2 Å². The van der Waals surface area contributed by atoms with Crippen LogP contribution in [0.15, 0.2) is 82.8 Å². The van der Waals surface area contributed by atoms with Crippen molar-refractivity contribution in [1.82, 2.24) is 5.32 Å². The molecule has 0 spiro atoms. The fourth-order valence-corrected chi connectivity index (χ4v) is 3.42. The highest BCUT2D eigenvalue weighted by molar-refractivity contribution is 9.10.